The lowest BCUT2D eigenvalue weighted by atomic mass is 10.2. The third-order valence-corrected chi connectivity index (χ3v) is 6.36. The maximum atomic E-state index is 12.4. The second kappa shape index (κ2) is 9.50. The number of nitrogens with zero attached hydrogens (tertiary/aromatic N) is 5. The topological polar surface area (TPSA) is 106 Å². The molecule has 2 aliphatic rings. The van der Waals surface area contributed by atoms with E-state index in [2.05, 4.69) is 24.8 Å². The summed E-state index contributed by atoms with van der Waals surface area (Å²) in [7, 11) is 0. The minimum absolute atomic E-state index is 0.194. The number of esters is 1. The molecule has 2 fully saturated rings. The Balaban J connectivity index is 1.07. The number of H-pyrrole nitrogens is 1. The van der Waals surface area contributed by atoms with Gasteiger partial charge in [-0.2, -0.15) is 0 Å². The minimum atomic E-state index is -0.283. The van der Waals surface area contributed by atoms with Gasteiger partial charge in [0.2, 0.25) is 0 Å². The molecule has 2 saturated heterocycles. The summed E-state index contributed by atoms with van der Waals surface area (Å²) >= 11 is 5.96. The molecule has 1 N–H and O–H groups in total. The van der Waals surface area contributed by atoms with Crippen LogP contribution < -0.4 is 10.5 Å². The van der Waals surface area contributed by atoms with Gasteiger partial charge in [-0.15, -0.1) is 0 Å². The molecule has 3 aromatic rings. The van der Waals surface area contributed by atoms with Crippen LogP contribution in [0.25, 0.3) is 11.2 Å². The zero-order valence-electron chi connectivity index (χ0n) is 18.0. The van der Waals surface area contributed by atoms with E-state index in [0.29, 0.717) is 5.65 Å². The van der Waals surface area contributed by atoms with E-state index < -0.39 is 0 Å². The number of piperazine rings is 1. The smallest absolute Gasteiger partial charge is 0.320 e. The third kappa shape index (κ3) is 4.87. The summed E-state index contributed by atoms with van der Waals surface area (Å²) in [5, 5.41) is 0.725. The summed E-state index contributed by atoms with van der Waals surface area (Å²) in [6.45, 7) is 3.75. The molecule has 33 heavy (non-hydrogen) atoms. The lowest BCUT2D eigenvalue weighted by Crippen LogP contribution is -2.48. The Labute approximate surface area is 195 Å². The van der Waals surface area contributed by atoms with Crippen LogP contribution in [0.3, 0.4) is 0 Å². The maximum Gasteiger partial charge on any atom is 0.320 e. The number of ether oxygens (including phenoxy) is 2. The molecule has 4 heterocycles. The molecule has 11 heteroatoms. The van der Waals surface area contributed by atoms with Crippen LogP contribution in [0.2, 0.25) is 5.02 Å². The molecule has 2 atom stereocenters. The van der Waals surface area contributed by atoms with E-state index in [1.807, 2.05) is 24.3 Å². The molecule has 0 radical (unpaired) electrons. The predicted molar refractivity (Wildman–Crippen MR) is 122 cm³/mol. The molecule has 5 rings (SSSR count). The van der Waals surface area contributed by atoms with E-state index >= 15 is 0 Å². The van der Waals surface area contributed by atoms with Gasteiger partial charge in [0.25, 0.3) is 5.56 Å². The molecule has 10 nitrogen and oxygen atoms in total. The number of fused-ring (bicyclic) bond motifs is 1. The summed E-state index contributed by atoms with van der Waals surface area (Å²) in [4.78, 5) is 39.4. The Hall–Kier alpha value is -2.95. The lowest BCUT2D eigenvalue weighted by molar-refractivity contribution is -0.149. The van der Waals surface area contributed by atoms with Gasteiger partial charge in [0.05, 0.1) is 25.3 Å². The number of carbonyl (C=O) groups excluding carboxylic acids is 1. The summed E-state index contributed by atoms with van der Waals surface area (Å²) in [6, 6.07) is 7.81. The van der Waals surface area contributed by atoms with Crippen molar-refractivity contribution in [1.82, 2.24) is 24.4 Å². The van der Waals surface area contributed by atoms with Gasteiger partial charge in [-0.3, -0.25) is 19.1 Å². The first-order valence-corrected chi connectivity index (χ1v) is 11.4. The number of nitrogens with one attached hydrogen (secondary N) is 1. The molecule has 174 valence electrons. The van der Waals surface area contributed by atoms with Crippen LogP contribution in [-0.4, -0.2) is 75.8 Å². The maximum absolute atomic E-state index is 12.4. The van der Waals surface area contributed by atoms with Crippen molar-refractivity contribution in [3.63, 3.8) is 0 Å². The largest absolute Gasteiger partial charge is 0.462 e. The van der Waals surface area contributed by atoms with Crippen molar-refractivity contribution < 1.29 is 14.3 Å². The average Bonchev–Trinajstić information content (AvgIpc) is 3.46. The fourth-order valence-corrected chi connectivity index (χ4v) is 4.44. The van der Waals surface area contributed by atoms with Crippen molar-refractivity contribution in [2.75, 3.05) is 44.2 Å². The zero-order valence-corrected chi connectivity index (χ0v) is 18.8. The van der Waals surface area contributed by atoms with Gasteiger partial charge in [0.1, 0.15) is 12.8 Å². The number of hydrogen-bond acceptors (Lipinski definition) is 8. The number of benzene rings is 1. The Morgan fingerprint density at radius 2 is 1.94 bits per heavy atom. The van der Waals surface area contributed by atoms with Crippen molar-refractivity contribution in [3.05, 3.63) is 52.3 Å². The van der Waals surface area contributed by atoms with Crippen LogP contribution in [0, 0.1) is 0 Å². The van der Waals surface area contributed by atoms with Crippen molar-refractivity contribution in [2.45, 2.75) is 25.2 Å². The van der Waals surface area contributed by atoms with Crippen LogP contribution in [0.5, 0.6) is 0 Å². The molecule has 0 aliphatic carbocycles. The molecule has 0 saturated carbocycles. The van der Waals surface area contributed by atoms with E-state index in [1.165, 1.54) is 6.33 Å². The van der Waals surface area contributed by atoms with E-state index in [4.69, 9.17) is 21.1 Å². The second-order valence-corrected chi connectivity index (χ2v) is 8.70. The highest BCUT2D eigenvalue weighted by molar-refractivity contribution is 6.30. The molecule has 1 aromatic carbocycles. The number of aromatic nitrogens is 4. The van der Waals surface area contributed by atoms with E-state index in [9.17, 15) is 9.59 Å². The Bertz CT molecular complexity index is 1170. The monoisotopic (exact) mass is 472 g/mol. The highest BCUT2D eigenvalue weighted by Crippen LogP contribution is 2.30. The highest BCUT2D eigenvalue weighted by atomic mass is 35.5. The van der Waals surface area contributed by atoms with E-state index in [-0.39, 0.29) is 42.5 Å². The van der Waals surface area contributed by atoms with E-state index in [1.54, 1.807) is 10.9 Å². The highest BCUT2D eigenvalue weighted by Gasteiger charge is 2.29. The summed E-state index contributed by atoms with van der Waals surface area (Å²) in [6.07, 6.45) is 3.92. The fourth-order valence-electron chi connectivity index (χ4n) is 4.32. The SMILES string of the molecule is O=C(CN1CCN(c2ccc(Cl)cc2)CC1)OC[C@@H]1CC[C@H](n2cnc3c(=O)[nH]cnc32)O1. The number of aromatic amines is 1. The van der Waals surface area contributed by atoms with E-state index in [0.717, 1.165) is 49.7 Å². The molecule has 2 aliphatic heterocycles. The van der Waals surface area contributed by atoms with Gasteiger partial charge < -0.3 is 19.4 Å². The van der Waals surface area contributed by atoms with Crippen LogP contribution in [0.4, 0.5) is 5.69 Å². The second-order valence-electron chi connectivity index (χ2n) is 8.27. The molecule has 0 spiro atoms. The van der Waals surface area contributed by atoms with Crippen LogP contribution in [0.15, 0.2) is 41.7 Å². The number of halogens is 1. The first kappa shape index (κ1) is 21.9. The first-order chi connectivity index (χ1) is 16.1. The van der Waals surface area contributed by atoms with Gasteiger partial charge >= 0.3 is 5.97 Å². The standard InChI is InChI=1S/C22H25ClN6O4/c23-15-1-3-16(4-2-15)28-9-7-27(8-10-28)11-19(30)32-12-17-5-6-18(33-17)29-14-26-20-21(29)24-13-25-22(20)31/h1-4,13-14,17-18H,5-12H2,(H,24,25,31)/t17-,18+/m0/s1. The number of imidazole rings is 1. The van der Waals surface area contributed by atoms with Crippen LogP contribution in [-0.2, 0) is 14.3 Å². The average molecular weight is 473 g/mol. The van der Waals surface area contributed by atoms with Gasteiger partial charge in [0, 0.05) is 36.9 Å². The molecule has 2 aromatic heterocycles. The molecule has 0 bridgehead atoms. The van der Waals surface area contributed by atoms with Crippen molar-refractivity contribution in [3.8, 4) is 0 Å². The molecular formula is C22H25ClN6O4. The van der Waals surface area contributed by atoms with Crippen LogP contribution >= 0.6 is 11.6 Å². The quantitative estimate of drug-likeness (QED) is 0.541. The lowest BCUT2D eigenvalue weighted by Gasteiger charge is -2.35. The number of anilines is 1. The Kier molecular flexibility index (Phi) is 6.30. The summed E-state index contributed by atoms with van der Waals surface area (Å²) in [5.74, 6) is -0.247. The van der Waals surface area contributed by atoms with Gasteiger partial charge in [0.15, 0.2) is 11.2 Å². The van der Waals surface area contributed by atoms with Gasteiger partial charge in [-0.1, -0.05) is 11.6 Å². The fraction of sp³-hybridized carbons (Fsp3) is 0.455. The van der Waals surface area contributed by atoms with Crippen molar-refractivity contribution in [1.29, 1.82) is 0 Å². The van der Waals surface area contributed by atoms with Gasteiger partial charge in [-0.05, 0) is 37.1 Å². The number of rotatable bonds is 6. The van der Waals surface area contributed by atoms with Crippen molar-refractivity contribution >= 4 is 34.4 Å². The first-order valence-electron chi connectivity index (χ1n) is 11.0. The molecule has 0 unspecified atom stereocenters. The number of hydrogen-bond donors (Lipinski definition) is 1. The normalized spacial score (nSPS) is 21.5. The predicted octanol–water partition coefficient (Wildman–Crippen LogP) is 1.82. The van der Waals surface area contributed by atoms with Gasteiger partial charge in [-0.25, -0.2) is 9.97 Å². The zero-order chi connectivity index (χ0) is 22.8. The minimum Gasteiger partial charge on any atom is -0.462 e. The summed E-state index contributed by atoms with van der Waals surface area (Å²) in [5.41, 5.74) is 1.63. The summed E-state index contributed by atoms with van der Waals surface area (Å²) < 4.78 is 13.3. The Morgan fingerprint density at radius 3 is 2.73 bits per heavy atom. The van der Waals surface area contributed by atoms with Crippen molar-refractivity contribution in [2.24, 2.45) is 0 Å². The van der Waals surface area contributed by atoms with Crippen LogP contribution in [0.1, 0.15) is 19.1 Å². The third-order valence-electron chi connectivity index (χ3n) is 6.11. The number of carbonyl (C=O) groups is 1. The molecular weight excluding hydrogens is 448 g/mol. The Morgan fingerprint density at radius 1 is 1.15 bits per heavy atom. The molecule has 0 amide bonds.